The van der Waals surface area contributed by atoms with Gasteiger partial charge in [0, 0.05) is 18.3 Å². The van der Waals surface area contributed by atoms with Gasteiger partial charge in [0.1, 0.15) is 5.82 Å². The average molecular weight is 248 g/mol. The Morgan fingerprint density at radius 3 is 2.78 bits per heavy atom. The molecule has 5 heteroatoms. The highest BCUT2D eigenvalue weighted by Gasteiger charge is 2.13. The van der Waals surface area contributed by atoms with Crippen LogP contribution in [0.1, 0.15) is 23.0 Å². The van der Waals surface area contributed by atoms with Crippen molar-refractivity contribution in [3.63, 3.8) is 0 Å². The van der Waals surface area contributed by atoms with Crippen LogP contribution in [0.25, 0.3) is 11.1 Å². The summed E-state index contributed by atoms with van der Waals surface area (Å²) < 4.78 is 15.1. The Bertz CT molecular complexity index is 605. The molecule has 0 aliphatic rings. The van der Waals surface area contributed by atoms with E-state index >= 15 is 0 Å². The first-order valence-corrected chi connectivity index (χ1v) is 5.58. The van der Waals surface area contributed by atoms with E-state index in [4.69, 9.17) is 5.11 Å². The van der Waals surface area contributed by atoms with Crippen molar-refractivity contribution < 1.29 is 14.3 Å². The molecule has 1 heterocycles. The number of halogens is 1. The van der Waals surface area contributed by atoms with E-state index in [1.54, 1.807) is 17.9 Å². The second-order valence-electron chi connectivity index (χ2n) is 4.02. The Hall–Kier alpha value is -2.17. The molecule has 0 bridgehead atoms. The minimum Gasteiger partial charge on any atom is -0.478 e. The van der Waals surface area contributed by atoms with Gasteiger partial charge in [-0.25, -0.2) is 9.18 Å². The molecule has 0 amide bonds. The second kappa shape index (κ2) is 4.60. The lowest BCUT2D eigenvalue weighted by Crippen LogP contribution is -1.99. The lowest BCUT2D eigenvalue weighted by molar-refractivity contribution is 0.0696. The first kappa shape index (κ1) is 12.3. The molecule has 2 aromatic rings. The van der Waals surface area contributed by atoms with Gasteiger partial charge in [-0.2, -0.15) is 5.10 Å². The number of carbonyl (C=O) groups is 1. The molecule has 2 rings (SSSR count). The van der Waals surface area contributed by atoms with Crippen LogP contribution in [0.5, 0.6) is 0 Å². The third kappa shape index (κ3) is 2.11. The summed E-state index contributed by atoms with van der Waals surface area (Å²) in [5.74, 6) is -1.70. The topological polar surface area (TPSA) is 55.1 Å². The van der Waals surface area contributed by atoms with Gasteiger partial charge in [-0.05, 0) is 30.2 Å². The Kier molecular flexibility index (Phi) is 3.14. The fraction of sp³-hybridized carbons (Fsp3) is 0.231. The third-order valence-electron chi connectivity index (χ3n) is 2.85. The van der Waals surface area contributed by atoms with Crippen LogP contribution in [0.3, 0.4) is 0 Å². The van der Waals surface area contributed by atoms with Gasteiger partial charge >= 0.3 is 5.97 Å². The number of aryl methyl sites for hydroxylation is 1. The Balaban J connectivity index is 2.60. The molecule has 0 unspecified atom stereocenters. The molecule has 0 aliphatic carbocycles. The van der Waals surface area contributed by atoms with Crippen LogP contribution < -0.4 is 0 Å². The molecule has 94 valence electrons. The zero-order valence-corrected chi connectivity index (χ0v) is 10.1. The molecule has 1 N–H and O–H groups in total. The minimum atomic E-state index is -1.14. The van der Waals surface area contributed by atoms with Crippen molar-refractivity contribution >= 4 is 5.97 Å². The van der Waals surface area contributed by atoms with E-state index in [9.17, 15) is 9.18 Å². The molecule has 0 saturated carbocycles. The van der Waals surface area contributed by atoms with Crippen molar-refractivity contribution in [2.24, 2.45) is 7.05 Å². The molecular formula is C13H13FN2O2. The van der Waals surface area contributed by atoms with Crippen LogP contribution >= 0.6 is 0 Å². The smallest absolute Gasteiger partial charge is 0.335 e. The molecule has 0 fully saturated rings. The normalized spacial score (nSPS) is 10.6. The average Bonchev–Trinajstić information content (AvgIpc) is 2.69. The first-order chi connectivity index (χ1) is 8.52. The summed E-state index contributed by atoms with van der Waals surface area (Å²) in [6, 6.07) is 3.79. The summed E-state index contributed by atoms with van der Waals surface area (Å²) in [4.78, 5) is 10.9. The number of hydrogen-bond donors (Lipinski definition) is 1. The highest BCUT2D eigenvalue weighted by molar-refractivity contribution is 5.89. The fourth-order valence-electron chi connectivity index (χ4n) is 1.99. The van der Waals surface area contributed by atoms with E-state index in [0.717, 1.165) is 23.7 Å². The summed E-state index contributed by atoms with van der Waals surface area (Å²) in [6.07, 6.45) is 2.37. The van der Waals surface area contributed by atoms with E-state index in [-0.39, 0.29) is 5.56 Å². The summed E-state index contributed by atoms with van der Waals surface area (Å²) in [6.45, 7) is 1.97. The highest BCUT2D eigenvalue weighted by Crippen LogP contribution is 2.25. The quantitative estimate of drug-likeness (QED) is 0.907. The summed E-state index contributed by atoms with van der Waals surface area (Å²) in [5.41, 5.74) is 2.19. The van der Waals surface area contributed by atoms with E-state index < -0.39 is 11.8 Å². The van der Waals surface area contributed by atoms with Crippen molar-refractivity contribution in [2.45, 2.75) is 13.3 Å². The monoisotopic (exact) mass is 248 g/mol. The van der Waals surface area contributed by atoms with Gasteiger partial charge in [0.15, 0.2) is 0 Å². The van der Waals surface area contributed by atoms with Crippen molar-refractivity contribution in [3.05, 3.63) is 41.5 Å². The zero-order chi connectivity index (χ0) is 13.3. The minimum absolute atomic E-state index is 0.0593. The standard InChI is InChI=1S/C13H13FN2O2/c1-3-12-11(7-15-16(12)2)8-4-9(13(17)18)6-10(14)5-8/h4-7H,3H2,1-2H3,(H,17,18). The third-order valence-corrected chi connectivity index (χ3v) is 2.85. The fourth-order valence-corrected chi connectivity index (χ4v) is 1.99. The zero-order valence-electron chi connectivity index (χ0n) is 10.1. The second-order valence-corrected chi connectivity index (χ2v) is 4.02. The van der Waals surface area contributed by atoms with Crippen LogP contribution in [0.2, 0.25) is 0 Å². The SMILES string of the molecule is CCc1c(-c2cc(F)cc(C(=O)O)c2)cnn1C. The molecule has 0 saturated heterocycles. The highest BCUT2D eigenvalue weighted by atomic mass is 19.1. The summed E-state index contributed by atoms with van der Waals surface area (Å²) in [5, 5.41) is 13.0. The summed E-state index contributed by atoms with van der Waals surface area (Å²) >= 11 is 0. The Labute approximate surface area is 104 Å². The van der Waals surface area contributed by atoms with Crippen molar-refractivity contribution in [2.75, 3.05) is 0 Å². The molecule has 0 atom stereocenters. The van der Waals surface area contributed by atoms with Crippen molar-refractivity contribution in [1.29, 1.82) is 0 Å². The van der Waals surface area contributed by atoms with Gasteiger partial charge in [-0.15, -0.1) is 0 Å². The molecule has 4 nitrogen and oxygen atoms in total. The van der Waals surface area contributed by atoms with E-state index in [1.165, 1.54) is 12.1 Å². The largest absolute Gasteiger partial charge is 0.478 e. The summed E-state index contributed by atoms with van der Waals surface area (Å²) in [7, 11) is 1.81. The molecule has 1 aromatic heterocycles. The molecule has 18 heavy (non-hydrogen) atoms. The maximum absolute atomic E-state index is 13.4. The lowest BCUT2D eigenvalue weighted by atomic mass is 10.0. The number of hydrogen-bond acceptors (Lipinski definition) is 2. The van der Waals surface area contributed by atoms with E-state index in [0.29, 0.717) is 5.56 Å². The predicted molar refractivity (Wildman–Crippen MR) is 64.9 cm³/mol. The van der Waals surface area contributed by atoms with Gasteiger partial charge in [0.05, 0.1) is 11.8 Å². The number of nitrogens with zero attached hydrogens (tertiary/aromatic N) is 2. The maximum Gasteiger partial charge on any atom is 0.335 e. The number of carboxylic acid groups (broad SMARTS) is 1. The number of aromatic carboxylic acids is 1. The van der Waals surface area contributed by atoms with Gasteiger partial charge in [0.2, 0.25) is 0 Å². The van der Waals surface area contributed by atoms with Crippen LogP contribution in [-0.4, -0.2) is 20.9 Å². The van der Waals surface area contributed by atoms with Gasteiger partial charge < -0.3 is 5.11 Å². The maximum atomic E-state index is 13.4. The van der Waals surface area contributed by atoms with Crippen molar-refractivity contribution in [1.82, 2.24) is 9.78 Å². The van der Waals surface area contributed by atoms with Crippen LogP contribution in [0.4, 0.5) is 4.39 Å². The van der Waals surface area contributed by atoms with Gasteiger partial charge in [0.25, 0.3) is 0 Å². The van der Waals surface area contributed by atoms with Crippen LogP contribution in [-0.2, 0) is 13.5 Å². The molecular weight excluding hydrogens is 235 g/mol. The molecule has 0 aliphatic heterocycles. The van der Waals surface area contributed by atoms with E-state index in [1.807, 2.05) is 6.92 Å². The van der Waals surface area contributed by atoms with Crippen molar-refractivity contribution in [3.8, 4) is 11.1 Å². The lowest BCUT2D eigenvalue weighted by Gasteiger charge is -2.05. The Morgan fingerprint density at radius 1 is 1.44 bits per heavy atom. The number of benzene rings is 1. The van der Waals surface area contributed by atoms with Gasteiger partial charge in [-0.3, -0.25) is 4.68 Å². The van der Waals surface area contributed by atoms with E-state index in [2.05, 4.69) is 5.10 Å². The number of aromatic nitrogens is 2. The Morgan fingerprint density at radius 2 is 2.17 bits per heavy atom. The first-order valence-electron chi connectivity index (χ1n) is 5.58. The molecule has 0 spiro atoms. The number of rotatable bonds is 3. The van der Waals surface area contributed by atoms with Crippen LogP contribution in [0, 0.1) is 5.82 Å². The van der Waals surface area contributed by atoms with Crippen LogP contribution in [0.15, 0.2) is 24.4 Å². The predicted octanol–water partition coefficient (Wildman–Crippen LogP) is 2.49. The molecule has 0 radical (unpaired) electrons. The van der Waals surface area contributed by atoms with Gasteiger partial charge in [-0.1, -0.05) is 6.92 Å². The number of carboxylic acids is 1. The molecule has 1 aromatic carbocycles.